The summed E-state index contributed by atoms with van der Waals surface area (Å²) in [5, 5.41) is 10.6. The monoisotopic (exact) mass is 264 g/mol. The second-order valence-electron chi connectivity index (χ2n) is 4.93. The Labute approximate surface area is 113 Å². The zero-order chi connectivity index (χ0) is 13.7. The summed E-state index contributed by atoms with van der Waals surface area (Å²) in [6.07, 6.45) is 3.79. The average Bonchev–Trinajstić information content (AvgIpc) is 2.46. The average molecular weight is 264 g/mol. The minimum absolute atomic E-state index is 0.0149. The number of methoxy groups -OCH3 is 1. The molecule has 1 fully saturated rings. The van der Waals surface area contributed by atoms with Crippen LogP contribution in [0.25, 0.3) is 0 Å². The number of ether oxygens (including phenoxy) is 1. The number of nitrogens with zero attached hydrogens (tertiary/aromatic N) is 2. The molecule has 0 aromatic heterocycles. The summed E-state index contributed by atoms with van der Waals surface area (Å²) in [5.41, 5.74) is 1.12. The highest BCUT2D eigenvalue weighted by molar-refractivity contribution is 5.33. The number of rotatable bonds is 5. The molecule has 2 rings (SSSR count). The van der Waals surface area contributed by atoms with Gasteiger partial charge in [0.25, 0.3) is 5.69 Å². The Bertz CT molecular complexity index is 413. The van der Waals surface area contributed by atoms with Crippen LogP contribution < -0.4 is 0 Å². The quantitative estimate of drug-likeness (QED) is 0.606. The SMILES string of the molecule is COC(CN1CCCCC1)c1ccc([N+](=O)[O-])cc1. The van der Waals surface area contributed by atoms with Crippen molar-refractivity contribution in [2.24, 2.45) is 0 Å². The molecule has 1 atom stereocenters. The van der Waals surface area contributed by atoms with Crippen LogP contribution in [0.2, 0.25) is 0 Å². The lowest BCUT2D eigenvalue weighted by Gasteiger charge is -2.30. The maximum absolute atomic E-state index is 10.6. The van der Waals surface area contributed by atoms with E-state index in [-0.39, 0.29) is 16.7 Å². The molecular weight excluding hydrogens is 244 g/mol. The van der Waals surface area contributed by atoms with Crippen LogP contribution in [0.4, 0.5) is 5.69 Å². The molecule has 0 spiro atoms. The second-order valence-corrected chi connectivity index (χ2v) is 4.93. The molecular formula is C14H20N2O3. The third kappa shape index (κ3) is 3.75. The second kappa shape index (κ2) is 6.63. The largest absolute Gasteiger partial charge is 0.375 e. The highest BCUT2D eigenvalue weighted by Gasteiger charge is 2.18. The van der Waals surface area contributed by atoms with E-state index in [0.717, 1.165) is 25.2 Å². The van der Waals surface area contributed by atoms with Crippen molar-refractivity contribution in [1.82, 2.24) is 4.90 Å². The van der Waals surface area contributed by atoms with Crippen molar-refractivity contribution in [2.75, 3.05) is 26.7 Å². The van der Waals surface area contributed by atoms with E-state index >= 15 is 0 Å². The molecule has 0 aliphatic carbocycles. The Hall–Kier alpha value is -1.46. The molecule has 1 aromatic rings. The Morgan fingerprint density at radius 2 is 1.89 bits per heavy atom. The predicted molar refractivity (Wildman–Crippen MR) is 73.1 cm³/mol. The van der Waals surface area contributed by atoms with Gasteiger partial charge in [-0.15, -0.1) is 0 Å². The number of piperidine rings is 1. The molecule has 0 N–H and O–H groups in total. The molecule has 1 saturated heterocycles. The van der Waals surface area contributed by atoms with Gasteiger partial charge in [0.15, 0.2) is 0 Å². The van der Waals surface area contributed by atoms with Crippen LogP contribution in [0.5, 0.6) is 0 Å². The normalized spacial score (nSPS) is 18.2. The van der Waals surface area contributed by atoms with Gasteiger partial charge in [0, 0.05) is 25.8 Å². The Morgan fingerprint density at radius 3 is 2.42 bits per heavy atom. The highest BCUT2D eigenvalue weighted by atomic mass is 16.6. The number of benzene rings is 1. The van der Waals surface area contributed by atoms with Gasteiger partial charge in [-0.25, -0.2) is 0 Å². The van der Waals surface area contributed by atoms with E-state index in [4.69, 9.17) is 4.74 Å². The first-order valence-electron chi connectivity index (χ1n) is 6.70. The maximum Gasteiger partial charge on any atom is 0.269 e. The number of nitro benzene ring substituents is 1. The van der Waals surface area contributed by atoms with E-state index in [9.17, 15) is 10.1 Å². The lowest BCUT2D eigenvalue weighted by molar-refractivity contribution is -0.384. The number of nitro groups is 1. The Balaban J connectivity index is 2.01. The Kier molecular flexibility index (Phi) is 4.87. The molecule has 0 amide bonds. The molecule has 0 saturated carbocycles. The van der Waals surface area contributed by atoms with E-state index in [1.165, 1.54) is 31.4 Å². The van der Waals surface area contributed by atoms with Crippen molar-refractivity contribution in [3.8, 4) is 0 Å². The van der Waals surface area contributed by atoms with Crippen LogP contribution in [0.15, 0.2) is 24.3 Å². The minimum atomic E-state index is -0.379. The van der Waals surface area contributed by atoms with Gasteiger partial charge in [0.1, 0.15) is 0 Å². The van der Waals surface area contributed by atoms with Crippen molar-refractivity contribution in [3.63, 3.8) is 0 Å². The topological polar surface area (TPSA) is 55.6 Å². The molecule has 1 aliphatic rings. The molecule has 1 unspecified atom stereocenters. The van der Waals surface area contributed by atoms with Crippen molar-refractivity contribution in [3.05, 3.63) is 39.9 Å². The first-order valence-corrected chi connectivity index (χ1v) is 6.70. The first kappa shape index (κ1) is 14.0. The molecule has 1 aliphatic heterocycles. The molecule has 5 nitrogen and oxygen atoms in total. The van der Waals surface area contributed by atoms with Crippen LogP contribution in [0.3, 0.4) is 0 Å². The summed E-state index contributed by atoms with van der Waals surface area (Å²) >= 11 is 0. The van der Waals surface area contributed by atoms with Gasteiger partial charge in [0.05, 0.1) is 11.0 Å². The molecule has 5 heteroatoms. The van der Waals surface area contributed by atoms with Crippen molar-refractivity contribution in [2.45, 2.75) is 25.4 Å². The number of hydrogen-bond acceptors (Lipinski definition) is 4. The van der Waals surface area contributed by atoms with Crippen LogP contribution >= 0.6 is 0 Å². The van der Waals surface area contributed by atoms with E-state index < -0.39 is 0 Å². The van der Waals surface area contributed by atoms with Crippen LogP contribution in [-0.2, 0) is 4.74 Å². The van der Waals surface area contributed by atoms with Crippen LogP contribution in [-0.4, -0.2) is 36.6 Å². The van der Waals surface area contributed by atoms with Crippen molar-refractivity contribution >= 4 is 5.69 Å². The highest BCUT2D eigenvalue weighted by Crippen LogP contribution is 2.22. The van der Waals surface area contributed by atoms with Gasteiger partial charge >= 0.3 is 0 Å². The van der Waals surface area contributed by atoms with Gasteiger partial charge in [-0.05, 0) is 43.6 Å². The third-order valence-electron chi connectivity index (χ3n) is 3.63. The molecule has 19 heavy (non-hydrogen) atoms. The van der Waals surface area contributed by atoms with E-state index in [1.807, 2.05) is 0 Å². The Morgan fingerprint density at radius 1 is 1.26 bits per heavy atom. The fourth-order valence-electron chi connectivity index (χ4n) is 2.50. The van der Waals surface area contributed by atoms with E-state index in [1.54, 1.807) is 19.2 Å². The van der Waals surface area contributed by atoms with E-state index in [0.29, 0.717) is 0 Å². The standard InChI is InChI=1S/C14H20N2O3/c1-19-14(11-15-9-3-2-4-10-15)12-5-7-13(8-6-12)16(17)18/h5-8,14H,2-4,9-11H2,1H3. The molecule has 0 bridgehead atoms. The van der Waals surface area contributed by atoms with Crippen molar-refractivity contribution < 1.29 is 9.66 Å². The predicted octanol–water partition coefficient (Wildman–Crippen LogP) is 2.77. The van der Waals surface area contributed by atoms with Crippen LogP contribution in [0, 0.1) is 10.1 Å². The summed E-state index contributed by atoms with van der Waals surface area (Å²) in [7, 11) is 1.69. The summed E-state index contributed by atoms with van der Waals surface area (Å²) in [4.78, 5) is 12.7. The number of non-ortho nitro benzene ring substituents is 1. The molecule has 1 aromatic carbocycles. The summed E-state index contributed by atoms with van der Waals surface area (Å²) in [6, 6.07) is 6.65. The molecule has 0 radical (unpaired) electrons. The zero-order valence-corrected chi connectivity index (χ0v) is 11.2. The van der Waals surface area contributed by atoms with Crippen molar-refractivity contribution in [1.29, 1.82) is 0 Å². The number of likely N-dealkylation sites (tertiary alicyclic amines) is 1. The molecule has 104 valence electrons. The fraction of sp³-hybridized carbons (Fsp3) is 0.571. The summed E-state index contributed by atoms with van der Waals surface area (Å²) in [6.45, 7) is 3.09. The van der Waals surface area contributed by atoms with Gasteiger partial charge in [-0.1, -0.05) is 6.42 Å². The van der Waals surface area contributed by atoms with Gasteiger partial charge < -0.3 is 9.64 Å². The van der Waals surface area contributed by atoms with Crippen LogP contribution in [0.1, 0.15) is 30.9 Å². The van der Waals surface area contributed by atoms with Gasteiger partial charge in [-0.3, -0.25) is 10.1 Å². The number of hydrogen-bond donors (Lipinski definition) is 0. The lowest BCUT2D eigenvalue weighted by atomic mass is 10.1. The zero-order valence-electron chi connectivity index (χ0n) is 11.2. The van der Waals surface area contributed by atoms with Gasteiger partial charge in [0.2, 0.25) is 0 Å². The fourth-order valence-corrected chi connectivity index (χ4v) is 2.50. The summed E-state index contributed by atoms with van der Waals surface area (Å²) < 4.78 is 5.53. The molecule has 1 heterocycles. The first-order chi connectivity index (χ1) is 9.20. The van der Waals surface area contributed by atoms with E-state index in [2.05, 4.69) is 4.90 Å². The smallest absolute Gasteiger partial charge is 0.269 e. The maximum atomic E-state index is 10.6. The van der Waals surface area contributed by atoms with Gasteiger partial charge in [-0.2, -0.15) is 0 Å². The third-order valence-corrected chi connectivity index (χ3v) is 3.63. The lowest BCUT2D eigenvalue weighted by Crippen LogP contribution is -2.34. The minimum Gasteiger partial charge on any atom is -0.375 e. The summed E-state index contributed by atoms with van der Waals surface area (Å²) in [5.74, 6) is 0.